The zero-order chi connectivity index (χ0) is 14.0. The number of amides is 1. The van der Waals surface area contributed by atoms with Crippen molar-refractivity contribution in [3.63, 3.8) is 0 Å². The van der Waals surface area contributed by atoms with Crippen LogP contribution >= 0.6 is 11.6 Å². The Bertz CT molecular complexity index is 573. The van der Waals surface area contributed by atoms with Crippen molar-refractivity contribution in [1.82, 2.24) is 9.88 Å². The van der Waals surface area contributed by atoms with Crippen molar-refractivity contribution in [2.75, 3.05) is 18.8 Å². The topological polar surface area (TPSA) is 93.4 Å². The highest BCUT2D eigenvalue weighted by molar-refractivity contribution is 7.89. The SMILES string of the molecule is NS(=O)(=O)C[C@H]1CCN(C(=O)c2ccc(Cl)cn2)C1. The van der Waals surface area contributed by atoms with Crippen LogP contribution in [-0.2, 0) is 10.0 Å². The summed E-state index contributed by atoms with van der Waals surface area (Å²) in [5.74, 6) is -0.412. The molecule has 0 bridgehead atoms. The molecule has 2 heterocycles. The van der Waals surface area contributed by atoms with Crippen LogP contribution in [0.3, 0.4) is 0 Å². The van der Waals surface area contributed by atoms with Crippen molar-refractivity contribution in [3.05, 3.63) is 29.0 Å². The van der Waals surface area contributed by atoms with E-state index in [0.29, 0.717) is 30.2 Å². The smallest absolute Gasteiger partial charge is 0.272 e. The zero-order valence-electron chi connectivity index (χ0n) is 10.1. The van der Waals surface area contributed by atoms with Crippen molar-refractivity contribution in [2.45, 2.75) is 6.42 Å². The number of carbonyl (C=O) groups is 1. The molecule has 1 atom stereocenters. The van der Waals surface area contributed by atoms with Crippen molar-refractivity contribution in [3.8, 4) is 0 Å². The number of nitrogens with two attached hydrogens (primary N) is 1. The van der Waals surface area contributed by atoms with E-state index >= 15 is 0 Å². The lowest BCUT2D eigenvalue weighted by Crippen LogP contribution is -2.31. The van der Waals surface area contributed by atoms with Gasteiger partial charge in [0.15, 0.2) is 0 Å². The second-order valence-electron chi connectivity index (χ2n) is 4.60. The van der Waals surface area contributed by atoms with Crippen LogP contribution in [0.2, 0.25) is 5.02 Å². The number of likely N-dealkylation sites (tertiary alicyclic amines) is 1. The van der Waals surface area contributed by atoms with Crippen LogP contribution < -0.4 is 5.14 Å². The van der Waals surface area contributed by atoms with Crippen molar-refractivity contribution in [1.29, 1.82) is 0 Å². The van der Waals surface area contributed by atoms with Crippen LogP contribution in [-0.4, -0.2) is 43.1 Å². The van der Waals surface area contributed by atoms with E-state index in [1.54, 1.807) is 17.0 Å². The second kappa shape index (κ2) is 5.44. The van der Waals surface area contributed by atoms with Gasteiger partial charge in [0.2, 0.25) is 10.0 Å². The second-order valence-corrected chi connectivity index (χ2v) is 6.69. The van der Waals surface area contributed by atoms with E-state index in [-0.39, 0.29) is 17.6 Å². The lowest BCUT2D eigenvalue weighted by atomic mass is 10.2. The summed E-state index contributed by atoms with van der Waals surface area (Å²) in [6, 6.07) is 3.15. The predicted octanol–water partition coefficient (Wildman–Crippen LogP) is 0.486. The third-order valence-corrected chi connectivity index (χ3v) is 4.15. The molecule has 0 saturated carbocycles. The van der Waals surface area contributed by atoms with Crippen LogP contribution in [0.15, 0.2) is 18.3 Å². The fourth-order valence-electron chi connectivity index (χ4n) is 2.15. The van der Waals surface area contributed by atoms with Gasteiger partial charge in [-0.3, -0.25) is 4.79 Å². The summed E-state index contributed by atoms with van der Waals surface area (Å²) in [5, 5.41) is 5.47. The lowest BCUT2D eigenvalue weighted by molar-refractivity contribution is 0.0782. The summed E-state index contributed by atoms with van der Waals surface area (Å²) in [6.07, 6.45) is 2.04. The fourth-order valence-corrected chi connectivity index (χ4v) is 3.19. The molecule has 1 saturated heterocycles. The van der Waals surface area contributed by atoms with Crippen molar-refractivity contribution in [2.24, 2.45) is 11.1 Å². The largest absolute Gasteiger partial charge is 0.337 e. The molecular weight excluding hydrogens is 290 g/mol. The maximum atomic E-state index is 12.1. The number of aromatic nitrogens is 1. The van der Waals surface area contributed by atoms with E-state index in [9.17, 15) is 13.2 Å². The van der Waals surface area contributed by atoms with Crippen LogP contribution in [0, 0.1) is 5.92 Å². The van der Waals surface area contributed by atoms with Gasteiger partial charge in [-0.25, -0.2) is 18.5 Å². The fraction of sp³-hybridized carbons (Fsp3) is 0.455. The molecular formula is C11H14ClN3O3S. The Kier molecular flexibility index (Phi) is 4.07. The van der Waals surface area contributed by atoms with E-state index < -0.39 is 10.0 Å². The number of pyridine rings is 1. The van der Waals surface area contributed by atoms with Gasteiger partial charge in [0.25, 0.3) is 5.91 Å². The van der Waals surface area contributed by atoms with Gasteiger partial charge in [0.1, 0.15) is 5.69 Å². The summed E-state index contributed by atoms with van der Waals surface area (Å²) in [7, 11) is -3.50. The van der Waals surface area contributed by atoms with Crippen LogP contribution in [0.1, 0.15) is 16.9 Å². The van der Waals surface area contributed by atoms with E-state index in [2.05, 4.69) is 4.98 Å². The molecule has 1 aliphatic rings. The molecule has 1 aliphatic heterocycles. The van der Waals surface area contributed by atoms with Crippen LogP contribution in [0.4, 0.5) is 0 Å². The molecule has 1 aromatic heterocycles. The minimum absolute atomic E-state index is 0.0924. The average Bonchev–Trinajstić information content (AvgIpc) is 2.75. The first-order valence-corrected chi connectivity index (χ1v) is 7.86. The Labute approximate surface area is 116 Å². The highest BCUT2D eigenvalue weighted by atomic mass is 35.5. The highest BCUT2D eigenvalue weighted by Crippen LogP contribution is 2.19. The predicted molar refractivity (Wildman–Crippen MR) is 71.2 cm³/mol. The standard InChI is InChI=1S/C11H14ClN3O3S/c12-9-1-2-10(14-5-9)11(16)15-4-3-8(6-15)7-19(13,17)18/h1-2,5,8H,3-4,6-7H2,(H2,13,17,18)/t8-/m0/s1. The third kappa shape index (κ3) is 3.89. The molecule has 8 heteroatoms. The third-order valence-electron chi connectivity index (χ3n) is 2.99. The quantitative estimate of drug-likeness (QED) is 0.879. The summed E-state index contributed by atoms with van der Waals surface area (Å²) in [6.45, 7) is 0.906. The minimum Gasteiger partial charge on any atom is -0.337 e. The first kappa shape index (κ1) is 14.2. The van der Waals surface area contributed by atoms with Gasteiger partial charge >= 0.3 is 0 Å². The van der Waals surface area contributed by atoms with E-state index in [0.717, 1.165) is 0 Å². The molecule has 2 rings (SSSR count). The Morgan fingerprint density at radius 2 is 2.26 bits per heavy atom. The van der Waals surface area contributed by atoms with Gasteiger partial charge in [-0.05, 0) is 24.5 Å². The molecule has 1 aromatic rings. The Hall–Kier alpha value is -1.18. The summed E-state index contributed by atoms with van der Waals surface area (Å²) in [4.78, 5) is 17.7. The number of hydrogen-bond acceptors (Lipinski definition) is 4. The van der Waals surface area contributed by atoms with E-state index in [4.69, 9.17) is 16.7 Å². The molecule has 2 N–H and O–H groups in total. The van der Waals surface area contributed by atoms with Gasteiger partial charge in [-0.1, -0.05) is 11.6 Å². The molecule has 104 valence electrons. The highest BCUT2D eigenvalue weighted by Gasteiger charge is 2.29. The zero-order valence-corrected chi connectivity index (χ0v) is 11.7. The van der Waals surface area contributed by atoms with E-state index in [1.165, 1.54) is 6.20 Å². The number of rotatable bonds is 3. The van der Waals surface area contributed by atoms with Crippen molar-refractivity contribution < 1.29 is 13.2 Å². The van der Waals surface area contributed by atoms with Crippen molar-refractivity contribution >= 4 is 27.5 Å². The van der Waals surface area contributed by atoms with Crippen LogP contribution in [0.5, 0.6) is 0 Å². The normalized spacial score (nSPS) is 19.7. The maximum Gasteiger partial charge on any atom is 0.272 e. The van der Waals surface area contributed by atoms with Gasteiger partial charge < -0.3 is 4.90 Å². The Morgan fingerprint density at radius 1 is 1.53 bits per heavy atom. The minimum atomic E-state index is -3.50. The van der Waals surface area contributed by atoms with Crippen LogP contribution in [0.25, 0.3) is 0 Å². The first-order valence-electron chi connectivity index (χ1n) is 5.76. The molecule has 1 fully saturated rings. The number of halogens is 1. The molecule has 0 radical (unpaired) electrons. The molecule has 0 aromatic carbocycles. The summed E-state index contributed by atoms with van der Waals surface area (Å²) >= 11 is 5.70. The maximum absolute atomic E-state index is 12.1. The van der Waals surface area contributed by atoms with Gasteiger partial charge in [-0.2, -0.15) is 0 Å². The monoisotopic (exact) mass is 303 g/mol. The molecule has 19 heavy (non-hydrogen) atoms. The molecule has 0 aliphatic carbocycles. The number of hydrogen-bond donors (Lipinski definition) is 1. The molecule has 0 unspecified atom stereocenters. The summed E-state index contributed by atoms with van der Waals surface area (Å²) < 4.78 is 22.0. The average molecular weight is 304 g/mol. The Morgan fingerprint density at radius 3 is 2.84 bits per heavy atom. The van der Waals surface area contributed by atoms with Gasteiger partial charge in [0.05, 0.1) is 10.8 Å². The summed E-state index contributed by atoms with van der Waals surface area (Å²) in [5.41, 5.74) is 0.306. The molecule has 0 spiro atoms. The van der Waals surface area contributed by atoms with Gasteiger partial charge in [-0.15, -0.1) is 0 Å². The molecule has 1 amide bonds. The number of primary sulfonamides is 1. The Balaban J connectivity index is 2.01. The van der Waals surface area contributed by atoms with E-state index in [1.807, 2.05) is 0 Å². The first-order chi connectivity index (χ1) is 8.85. The van der Waals surface area contributed by atoms with Gasteiger partial charge in [0, 0.05) is 19.3 Å². The molecule has 6 nitrogen and oxygen atoms in total. The number of nitrogens with zero attached hydrogens (tertiary/aromatic N) is 2. The lowest BCUT2D eigenvalue weighted by Gasteiger charge is -2.15. The number of carbonyl (C=O) groups excluding carboxylic acids is 1. The number of sulfonamides is 1.